The molecule has 0 unspecified atom stereocenters. The molecule has 0 aliphatic carbocycles. The minimum Gasteiger partial charge on any atom is -0.480 e. The average molecular weight is 321 g/mol. The summed E-state index contributed by atoms with van der Waals surface area (Å²) in [5, 5.41) is 11.6. The van der Waals surface area contributed by atoms with Crippen molar-refractivity contribution in [2.24, 2.45) is 5.92 Å². The number of nitrogens with one attached hydrogen (secondary N) is 1. The highest BCUT2D eigenvalue weighted by Crippen LogP contribution is 2.09. The Morgan fingerprint density at radius 1 is 1.17 bits per heavy atom. The maximum Gasteiger partial charge on any atom is 0.337 e. The topological polar surface area (TPSA) is 92.7 Å². The third kappa shape index (κ3) is 6.50. The van der Waals surface area contributed by atoms with Crippen LogP contribution in [0.2, 0.25) is 0 Å². The van der Waals surface area contributed by atoms with Crippen molar-refractivity contribution in [2.45, 2.75) is 39.2 Å². The quantitative estimate of drug-likeness (QED) is 0.715. The van der Waals surface area contributed by atoms with Crippen LogP contribution in [0.15, 0.2) is 24.3 Å². The molecule has 0 heterocycles. The van der Waals surface area contributed by atoms with Crippen LogP contribution in [-0.2, 0) is 20.7 Å². The van der Waals surface area contributed by atoms with E-state index in [2.05, 4.69) is 10.1 Å². The Morgan fingerprint density at radius 3 is 2.26 bits per heavy atom. The lowest BCUT2D eigenvalue weighted by atomic mass is 10.0. The van der Waals surface area contributed by atoms with E-state index < -0.39 is 18.0 Å². The first kappa shape index (κ1) is 18.7. The summed E-state index contributed by atoms with van der Waals surface area (Å²) in [7, 11) is 1.32. The third-order valence-electron chi connectivity index (χ3n) is 3.36. The molecular formula is C17H23NO5. The number of esters is 1. The lowest BCUT2D eigenvalue weighted by Crippen LogP contribution is -2.41. The molecule has 1 aromatic rings. The molecule has 0 saturated heterocycles. The molecule has 1 rings (SSSR count). The minimum absolute atomic E-state index is 0.183. The van der Waals surface area contributed by atoms with Crippen LogP contribution in [0.25, 0.3) is 0 Å². The second kappa shape index (κ2) is 8.92. The molecule has 6 heteroatoms. The Balaban J connectivity index is 2.52. The zero-order valence-corrected chi connectivity index (χ0v) is 13.7. The lowest BCUT2D eigenvalue weighted by molar-refractivity contribution is -0.142. The van der Waals surface area contributed by atoms with E-state index in [1.807, 2.05) is 13.8 Å². The van der Waals surface area contributed by atoms with Gasteiger partial charge in [-0.2, -0.15) is 0 Å². The minimum atomic E-state index is -1.02. The maximum absolute atomic E-state index is 11.9. The monoisotopic (exact) mass is 321 g/mol. The van der Waals surface area contributed by atoms with Crippen molar-refractivity contribution in [3.63, 3.8) is 0 Å². The van der Waals surface area contributed by atoms with Crippen LogP contribution in [0.3, 0.4) is 0 Å². The van der Waals surface area contributed by atoms with Gasteiger partial charge in [0, 0.05) is 6.42 Å². The molecule has 126 valence electrons. The molecule has 2 N–H and O–H groups in total. The summed E-state index contributed by atoms with van der Waals surface area (Å²) in [6.07, 6.45) is 1.07. The highest BCUT2D eigenvalue weighted by Gasteiger charge is 2.20. The number of methoxy groups -OCH3 is 1. The lowest BCUT2D eigenvalue weighted by Gasteiger charge is -2.16. The van der Waals surface area contributed by atoms with Gasteiger partial charge in [0.25, 0.3) is 0 Å². The van der Waals surface area contributed by atoms with Crippen LogP contribution in [0, 0.1) is 5.92 Å². The summed E-state index contributed by atoms with van der Waals surface area (Å²) >= 11 is 0. The summed E-state index contributed by atoms with van der Waals surface area (Å²) in [6, 6.07) is 5.92. The van der Waals surface area contributed by atoms with E-state index in [0.29, 0.717) is 18.4 Å². The molecule has 1 amide bonds. The zero-order valence-electron chi connectivity index (χ0n) is 13.7. The molecule has 0 radical (unpaired) electrons. The number of aliphatic carboxylic acids is 1. The maximum atomic E-state index is 11.9. The number of hydrogen-bond acceptors (Lipinski definition) is 4. The van der Waals surface area contributed by atoms with E-state index in [-0.39, 0.29) is 18.2 Å². The number of benzene rings is 1. The Labute approximate surface area is 135 Å². The highest BCUT2D eigenvalue weighted by molar-refractivity contribution is 5.89. The molecule has 0 bridgehead atoms. The SMILES string of the molecule is COC(=O)c1ccc(CCC(=O)N[C@H](CC(C)C)C(=O)O)cc1. The Kier molecular flexibility index (Phi) is 7.25. The summed E-state index contributed by atoms with van der Waals surface area (Å²) in [4.78, 5) is 34.3. The molecule has 0 aliphatic heterocycles. The van der Waals surface area contributed by atoms with Gasteiger partial charge < -0.3 is 15.2 Å². The van der Waals surface area contributed by atoms with E-state index in [1.165, 1.54) is 7.11 Å². The molecule has 23 heavy (non-hydrogen) atoms. The van der Waals surface area contributed by atoms with Gasteiger partial charge in [0.05, 0.1) is 12.7 Å². The van der Waals surface area contributed by atoms with Crippen LogP contribution in [0.5, 0.6) is 0 Å². The van der Waals surface area contributed by atoms with Gasteiger partial charge >= 0.3 is 11.9 Å². The first-order valence-corrected chi connectivity index (χ1v) is 7.53. The summed E-state index contributed by atoms with van der Waals surface area (Å²) in [5.41, 5.74) is 1.34. The van der Waals surface area contributed by atoms with Crippen LogP contribution >= 0.6 is 0 Å². The van der Waals surface area contributed by atoms with Crippen molar-refractivity contribution in [2.75, 3.05) is 7.11 Å². The fourth-order valence-corrected chi connectivity index (χ4v) is 2.14. The molecule has 0 aliphatic rings. The normalized spacial score (nSPS) is 11.8. The van der Waals surface area contributed by atoms with E-state index in [9.17, 15) is 14.4 Å². The first-order chi connectivity index (χ1) is 10.8. The third-order valence-corrected chi connectivity index (χ3v) is 3.36. The average Bonchev–Trinajstić information content (AvgIpc) is 2.51. The number of amides is 1. The van der Waals surface area contributed by atoms with Crippen LogP contribution in [-0.4, -0.2) is 36.1 Å². The first-order valence-electron chi connectivity index (χ1n) is 7.53. The summed E-state index contributed by atoms with van der Waals surface area (Å²) < 4.78 is 4.61. The van der Waals surface area contributed by atoms with Gasteiger partial charge in [-0.1, -0.05) is 26.0 Å². The van der Waals surface area contributed by atoms with Gasteiger partial charge in [0.1, 0.15) is 6.04 Å². The number of carbonyl (C=O) groups excluding carboxylic acids is 2. The molecule has 0 spiro atoms. The predicted molar refractivity (Wildman–Crippen MR) is 85.1 cm³/mol. The standard InChI is InChI=1S/C17H23NO5/c1-11(2)10-14(16(20)21)18-15(19)9-6-12-4-7-13(8-5-12)17(22)23-3/h4-5,7-8,11,14H,6,9-10H2,1-3H3,(H,18,19)(H,20,21)/t14-/m1/s1. The van der Waals surface area contributed by atoms with Crippen LogP contribution in [0.1, 0.15) is 42.6 Å². The Hall–Kier alpha value is -2.37. The second-order valence-corrected chi connectivity index (χ2v) is 5.78. The molecule has 0 aromatic heterocycles. The number of hydrogen-bond donors (Lipinski definition) is 2. The zero-order chi connectivity index (χ0) is 17.4. The van der Waals surface area contributed by atoms with Gasteiger partial charge in [-0.25, -0.2) is 9.59 Å². The van der Waals surface area contributed by atoms with Crippen molar-refractivity contribution in [1.82, 2.24) is 5.32 Å². The molecule has 0 fully saturated rings. The summed E-state index contributed by atoms with van der Waals surface area (Å²) in [5.74, 6) is -1.54. The van der Waals surface area contributed by atoms with Crippen molar-refractivity contribution in [3.05, 3.63) is 35.4 Å². The van der Waals surface area contributed by atoms with Gasteiger partial charge in [0.15, 0.2) is 0 Å². The predicted octanol–water partition coefficient (Wildman–Crippen LogP) is 2.02. The molecular weight excluding hydrogens is 298 g/mol. The van der Waals surface area contributed by atoms with Gasteiger partial charge in [-0.05, 0) is 36.5 Å². The molecule has 1 atom stereocenters. The fourth-order valence-electron chi connectivity index (χ4n) is 2.14. The van der Waals surface area contributed by atoms with Crippen molar-refractivity contribution in [3.8, 4) is 0 Å². The number of carboxylic acids is 1. The second-order valence-electron chi connectivity index (χ2n) is 5.78. The number of ether oxygens (including phenoxy) is 1. The Bertz CT molecular complexity index is 551. The fraction of sp³-hybridized carbons (Fsp3) is 0.471. The smallest absolute Gasteiger partial charge is 0.337 e. The highest BCUT2D eigenvalue weighted by atomic mass is 16.5. The van der Waals surface area contributed by atoms with Crippen LogP contribution < -0.4 is 5.32 Å². The van der Waals surface area contributed by atoms with Gasteiger partial charge in [0.2, 0.25) is 5.91 Å². The number of carboxylic acid groups (broad SMARTS) is 1. The van der Waals surface area contributed by atoms with Crippen molar-refractivity contribution < 1.29 is 24.2 Å². The largest absolute Gasteiger partial charge is 0.480 e. The number of rotatable bonds is 8. The Morgan fingerprint density at radius 2 is 1.78 bits per heavy atom. The molecule has 6 nitrogen and oxygen atoms in total. The van der Waals surface area contributed by atoms with Crippen molar-refractivity contribution in [1.29, 1.82) is 0 Å². The van der Waals surface area contributed by atoms with E-state index in [1.54, 1.807) is 24.3 Å². The van der Waals surface area contributed by atoms with E-state index in [0.717, 1.165) is 5.56 Å². The molecule has 1 aromatic carbocycles. The van der Waals surface area contributed by atoms with Gasteiger partial charge in [-0.15, -0.1) is 0 Å². The van der Waals surface area contributed by atoms with Crippen molar-refractivity contribution >= 4 is 17.8 Å². The molecule has 0 saturated carbocycles. The van der Waals surface area contributed by atoms with Crippen LogP contribution in [0.4, 0.5) is 0 Å². The van der Waals surface area contributed by atoms with E-state index >= 15 is 0 Å². The summed E-state index contributed by atoms with van der Waals surface area (Å²) in [6.45, 7) is 3.82. The number of aryl methyl sites for hydroxylation is 1. The van der Waals surface area contributed by atoms with Gasteiger partial charge in [-0.3, -0.25) is 4.79 Å². The number of carbonyl (C=O) groups is 3. The van der Waals surface area contributed by atoms with E-state index in [4.69, 9.17) is 5.11 Å².